The second-order valence-corrected chi connectivity index (χ2v) is 11.5. The van der Waals surface area contributed by atoms with E-state index in [0.29, 0.717) is 0 Å². The van der Waals surface area contributed by atoms with Gasteiger partial charge >= 0.3 is 0 Å². The highest BCUT2D eigenvalue weighted by Gasteiger charge is 2.45. The number of primary amides is 1. The molecule has 4 atom stereocenters. The molecule has 4 amide bonds. The van der Waals surface area contributed by atoms with Crippen LogP contribution in [0.3, 0.4) is 0 Å². The third kappa shape index (κ3) is 7.14. The van der Waals surface area contributed by atoms with Gasteiger partial charge in [0.2, 0.25) is 23.6 Å². The van der Waals surface area contributed by atoms with Crippen molar-refractivity contribution in [2.24, 2.45) is 5.73 Å². The summed E-state index contributed by atoms with van der Waals surface area (Å²) in [5, 5.41) is 15.7. The molecule has 1 saturated heterocycles. The Labute approximate surface area is 227 Å². The minimum Gasteiger partial charge on any atom is -0.391 e. The number of benzene rings is 2. The number of β-amino-alcohol motifs (C(OH)–C–C–N with tert-alkyl or cyclic N) is 1. The number of aliphatic hydroxyl groups excluding tert-OH is 1. The normalized spacial score (nSPS) is 18.9. The summed E-state index contributed by atoms with van der Waals surface area (Å²) in [7, 11) is 0. The second-order valence-electron chi connectivity index (χ2n) is 10.1. The molecule has 0 spiro atoms. The summed E-state index contributed by atoms with van der Waals surface area (Å²) >= 11 is 1.40. The van der Waals surface area contributed by atoms with E-state index in [2.05, 4.69) is 10.6 Å². The van der Waals surface area contributed by atoms with E-state index in [0.717, 1.165) is 16.7 Å². The van der Waals surface area contributed by atoms with Crippen molar-refractivity contribution in [2.45, 2.75) is 62.6 Å². The van der Waals surface area contributed by atoms with Gasteiger partial charge in [-0.3, -0.25) is 19.2 Å². The second kappa shape index (κ2) is 12.4. The van der Waals surface area contributed by atoms with Crippen LogP contribution in [0.15, 0.2) is 54.6 Å². The summed E-state index contributed by atoms with van der Waals surface area (Å²) in [4.78, 5) is 52.2. The molecule has 2 aromatic carbocycles. The molecule has 3 rings (SSSR count). The van der Waals surface area contributed by atoms with Crippen molar-refractivity contribution in [3.8, 4) is 11.1 Å². The topological polar surface area (TPSA) is 142 Å². The molecule has 0 unspecified atom stereocenters. The van der Waals surface area contributed by atoms with Crippen LogP contribution in [0.1, 0.15) is 32.8 Å². The van der Waals surface area contributed by atoms with Crippen LogP contribution in [0.2, 0.25) is 0 Å². The Morgan fingerprint density at radius 2 is 1.66 bits per heavy atom. The first-order valence-electron chi connectivity index (χ1n) is 12.5. The highest BCUT2D eigenvalue weighted by Crippen LogP contribution is 2.29. The van der Waals surface area contributed by atoms with Crippen LogP contribution in [-0.2, 0) is 25.6 Å². The van der Waals surface area contributed by atoms with Crippen LogP contribution < -0.4 is 16.4 Å². The van der Waals surface area contributed by atoms with Crippen LogP contribution in [-0.4, -0.2) is 75.4 Å². The molecule has 0 aromatic heterocycles. The highest BCUT2D eigenvalue weighted by molar-refractivity contribution is 8.00. The molecule has 0 radical (unpaired) electrons. The van der Waals surface area contributed by atoms with E-state index in [-0.39, 0.29) is 25.3 Å². The number of amides is 4. The lowest BCUT2D eigenvalue weighted by atomic mass is 9.99. The van der Waals surface area contributed by atoms with Crippen LogP contribution in [0, 0.1) is 0 Å². The number of rotatable bonds is 10. The Bertz CT molecular complexity index is 1160. The predicted molar refractivity (Wildman–Crippen MR) is 148 cm³/mol. The fraction of sp³-hybridized carbons (Fsp3) is 0.429. The van der Waals surface area contributed by atoms with E-state index in [4.69, 9.17) is 5.73 Å². The first-order valence-corrected chi connectivity index (χ1v) is 13.7. The molecule has 2 aromatic rings. The third-order valence-corrected chi connectivity index (χ3v) is 8.13. The van der Waals surface area contributed by atoms with Gasteiger partial charge in [0.25, 0.3) is 0 Å². The van der Waals surface area contributed by atoms with Gasteiger partial charge < -0.3 is 26.4 Å². The highest BCUT2D eigenvalue weighted by atomic mass is 32.2. The number of likely N-dealkylation sites (tertiary alicyclic amines) is 1. The van der Waals surface area contributed by atoms with E-state index >= 15 is 0 Å². The van der Waals surface area contributed by atoms with Gasteiger partial charge in [-0.05, 0) is 36.8 Å². The van der Waals surface area contributed by atoms with Crippen molar-refractivity contribution < 1.29 is 24.3 Å². The fourth-order valence-corrected chi connectivity index (χ4v) is 4.91. The van der Waals surface area contributed by atoms with Crippen LogP contribution in [0.5, 0.6) is 0 Å². The number of nitrogens with one attached hydrogen (secondary N) is 2. The van der Waals surface area contributed by atoms with E-state index in [9.17, 15) is 24.3 Å². The molecule has 0 bridgehead atoms. The van der Waals surface area contributed by atoms with Crippen molar-refractivity contribution in [1.82, 2.24) is 15.5 Å². The summed E-state index contributed by atoms with van der Waals surface area (Å²) in [5.41, 5.74) is 8.50. The maximum absolute atomic E-state index is 13.5. The lowest BCUT2D eigenvalue weighted by Crippen LogP contribution is -2.60. The number of nitrogens with two attached hydrogens (primary N) is 1. The van der Waals surface area contributed by atoms with Crippen molar-refractivity contribution in [1.29, 1.82) is 0 Å². The van der Waals surface area contributed by atoms with Gasteiger partial charge in [-0.1, -0.05) is 54.6 Å². The molecule has 9 nitrogen and oxygen atoms in total. The van der Waals surface area contributed by atoms with Crippen molar-refractivity contribution in [3.63, 3.8) is 0 Å². The quantitative estimate of drug-likeness (QED) is 0.360. The van der Waals surface area contributed by atoms with Gasteiger partial charge in [-0.25, -0.2) is 0 Å². The van der Waals surface area contributed by atoms with Gasteiger partial charge in [0, 0.05) is 31.1 Å². The Hall–Kier alpha value is -3.37. The van der Waals surface area contributed by atoms with Crippen molar-refractivity contribution in [2.75, 3.05) is 12.8 Å². The first-order chi connectivity index (χ1) is 17.9. The smallest absolute Gasteiger partial charge is 0.247 e. The Morgan fingerprint density at radius 3 is 2.21 bits per heavy atom. The third-order valence-electron chi connectivity index (χ3n) is 6.84. The summed E-state index contributed by atoms with van der Waals surface area (Å²) < 4.78 is -0.668. The Morgan fingerprint density at radius 1 is 1.05 bits per heavy atom. The molecule has 10 heteroatoms. The SMILES string of the molecule is CSC(C)(C)[C@H](NC(C)=O)C(=O)N1C[C@H](O)C[C@H]1C(=O)N[C@H](Cc1ccc(-c2ccccc2)cc1)C(N)=O. The molecular formula is C28H36N4O5S. The monoisotopic (exact) mass is 540 g/mol. The molecule has 38 heavy (non-hydrogen) atoms. The average Bonchev–Trinajstić information content (AvgIpc) is 3.29. The Balaban J connectivity index is 1.75. The van der Waals surface area contributed by atoms with E-state index in [1.165, 1.54) is 23.6 Å². The first kappa shape index (κ1) is 29.2. The van der Waals surface area contributed by atoms with Crippen LogP contribution in [0.4, 0.5) is 0 Å². The summed E-state index contributed by atoms with van der Waals surface area (Å²) in [6, 6.07) is 14.6. The number of nitrogens with zero attached hydrogens (tertiary/aromatic N) is 1. The zero-order chi connectivity index (χ0) is 28.0. The van der Waals surface area contributed by atoms with Crippen molar-refractivity contribution >= 4 is 35.4 Å². The number of carbonyl (C=O) groups excluding carboxylic acids is 4. The van der Waals surface area contributed by atoms with Crippen LogP contribution in [0.25, 0.3) is 11.1 Å². The summed E-state index contributed by atoms with van der Waals surface area (Å²) in [6.07, 6.45) is 1.10. The molecule has 0 saturated carbocycles. The molecule has 1 heterocycles. The molecule has 1 aliphatic heterocycles. The fourth-order valence-electron chi connectivity index (χ4n) is 4.52. The summed E-state index contributed by atoms with van der Waals surface area (Å²) in [5.74, 6) is -2.13. The van der Waals surface area contributed by atoms with Gasteiger partial charge in [0.1, 0.15) is 18.1 Å². The zero-order valence-corrected chi connectivity index (χ0v) is 23.0. The number of hydrogen-bond donors (Lipinski definition) is 4. The largest absolute Gasteiger partial charge is 0.391 e. The van der Waals surface area contributed by atoms with Crippen LogP contribution >= 0.6 is 11.8 Å². The molecule has 0 aliphatic carbocycles. The average molecular weight is 541 g/mol. The standard InChI is InChI=1S/C28H36N4O5S/c1-17(33)30-24(28(2,3)38-4)27(37)32-16-21(34)15-23(32)26(36)31-22(25(29)35)14-18-10-12-20(13-11-18)19-8-6-5-7-9-19/h5-13,21-24,34H,14-16H2,1-4H3,(H2,29,35)(H,30,33)(H,31,36)/t21-,22-,23+,24-/m1/s1. The van der Waals surface area contributed by atoms with Crippen molar-refractivity contribution in [3.05, 3.63) is 60.2 Å². The van der Waals surface area contributed by atoms with E-state index < -0.39 is 46.7 Å². The van der Waals surface area contributed by atoms with E-state index in [1.807, 2.05) is 74.7 Å². The van der Waals surface area contributed by atoms with Gasteiger partial charge in [-0.2, -0.15) is 11.8 Å². The minimum absolute atomic E-state index is 0.0152. The zero-order valence-electron chi connectivity index (χ0n) is 22.1. The summed E-state index contributed by atoms with van der Waals surface area (Å²) in [6.45, 7) is 4.91. The number of aliphatic hydroxyl groups is 1. The molecule has 1 fully saturated rings. The maximum Gasteiger partial charge on any atom is 0.247 e. The molecule has 204 valence electrons. The molecule has 5 N–H and O–H groups in total. The van der Waals surface area contributed by atoms with Gasteiger partial charge in [-0.15, -0.1) is 0 Å². The lowest BCUT2D eigenvalue weighted by Gasteiger charge is -2.36. The molecular weight excluding hydrogens is 504 g/mol. The predicted octanol–water partition coefficient (Wildman–Crippen LogP) is 1.47. The molecule has 1 aliphatic rings. The Kier molecular flexibility index (Phi) is 9.56. The number of hydrogen-bond acceptors (Lipinski definition) is 6. The number of thioether (sulfide) groups is 1. The van der Waals surface area contributed by atoms with Gasteiger partial charge in [0.05, 0.1) is 6.10 Å². The number of carbonyl (C=O) groups is 4. The van der Waals surface area contributed by atoms with Gasteiger partial charge in [0.15, 0.2) is 0 Å². The van der Waals surface area contributed by atoms with E-state index in [1.54, 1.807) is 0 Å². The maximum atomic E-state index is 13.5. The lowest BCUT2D eigenvalue weighted by molar-refractivity contribution is -0.142. The minimum atomic E-state index is -1.01.